The normalized spacial score (nSPS) is 11.2. The number of benzene rings is 1. The van der Waals surface area contributed by atoms with E-state index in [0.717, 1.165) is 0 Å². The van der Waals surface area contributed by atoms with Gasteiger partial charge in [-0.2, -0.15) is 0 Å². The molecule has 1 aromatic carbocycles. The Balaban J connectivity index is 2.86. The van der Waals surface area contributed by atoms with E-state index >= 15 is 0 Å². The van der Waals surface area contributed by atoms with Gasteiger partial charge in [0.1, 0.15) is 0 Å². The van der Waals surface area contributed by atoms with E-state index in [-0.39, 0.29) is 5.56 Å². The molecule has 0 bridgehead atoms. The highest BCUT2D eigenvalue weighted by Crippen LogP contribution is 2.36. The minimum atomic E-state index is -1.15. The minimum absolute atomic E-state index is 0.175. The van der Waals surface area contributed by atoms with Crippen LogP contribution in [-0.2, 0) is 9.53 Å². The fourth-order valence-electron chi connectivity index (χ4n) is 1.85. The van der Waals surface area contributed by atoms with Crippen LogP contribution in [0.3, 0.4) is 0 Å². The van der Waals surface area contributed by atoms with Crippen molar-refractivity contribution in [3.05, 3.63) is 22.2 Å². The summed E-state index contributed by atoms with van der Waals surface area (Å²) >= 11 is 3.30. The van der Waals surface area contributed by atoms with Crippen LogP contribution in [0.1, 0.15) is 31.1 Å². The molecule has 3 amide bonds. The summed E-state index contributed by atoms with van der Waals surface area (Å²) in [6.07, 6.45) is -1.15. The van der Waals surface area contributed by atoms with Gasteiger partial charge in [-0.3, -0.25) is 10.1 Å². The van der Waals surface area contributed by atoms with Crippen LogP contribution < -0.4 is 20.1 Å². The zero-order valence-corrected chi connectivity index (χ0v) is 16.1. The second-order valence-corrected chi connectivity index (χ2v) is 5.67. The predicted octanol–water partition coefficient (Wildman–Crippen LogP) is 2.25. The summed E-state index contributed by atoms with van der Waals surface area (Å²) in [7, 11) is 1.48. The maximum atomic E-state index is 12.3. The number of ether oxygens (including phenoxy) is 3. The van der Waals surface area contributed by atoms with Gasteiger partial charge in [-0.15, -0.1) is 0 Å². The fraction of sp³-hybridized carbons (Fsp3) is 0.438. The second-order valence-electron chi connectivity index (χ2n) is 4.82. The van der Waals surface area contributed by atoms with Crippen molar-refractivity contribution < 1.29 is 28.6 Å². The molecule has 1 rings (SSSR count). The van der Waals surface area contributed by atoms with Crippen molar-refractivity contribution in [2.24, 2.45) is 0 Å². The van der Waals surface area contributed by atoms with Crippen LogP contribution in [0.4, 0.5) is 4.79 Å². The third-order valence-corrected chi connectivity index (χ3v) is 3.57. The van der Waals surface area contributed by atoms with Crippen LogP contribution in [-0.4, -0.2) is 44.3 Å². The van der Waals surface area contributed by atoms with E-state index in [2.05, 4.69) is 26.6 Å². The summed E-state index contributed by atoms with van der Waals surface area (Å²) in [5, 5.41) is 4.49. The van der Waals surface area contributed by atoms with Crippen molar-refractivity contribution in [2.45, 2.75) is 26.9 Å². The number of hydrogen-bond donors (Lipinski definition) is 2. The van der Waals surface area contributed by atoms with Crippen LogP contribution in [0.5, 0.6) is 11.5 Å². The highest BCUT2D eigenvalue weighted by Gasteiger charge is 2.22. The number of urea groups is 1. The van der Waals surface area contributed by atoms with Gasteiger partial charge in [0.05, 0.1) is 23.8 Å². The number of methoxy groups -OCH3 is 1. The van der Waals surface area contributed by atoms with Gasteiger partial charge in [0.25, 0.3) is 5.91 Å². The van der Waals surface area contributed by atoms with E-state index in [1.54, 1.807) is 13.8 Å². The maximum Gasteiger partial charge on any atom is 0.339 e. The molecular weight excluding hydrogens is 396 g/mol. The number of amides is 3. The third kappa shape index (κ3) is 5.93. The first-order chi connectivity index (χ1) is 11.8. The molecule has 1 atom stereocenters. The lowest BCUT2D eigenvalue weighted by molar-refractivity contribution is -0.127. The van der Waals surface area contributed by atoms with Crippen molar-refractivity contribution in [3.8, 4) is 11.5 Å². The molecule has 138 valence electrons. The molecule has 0 unspecified atom stereocenters. The average Bonchev–Trinajstić information content (AvgIpc) is 2.54. The lowest BCUT2D eigenvalue weighted by Gasteiger charge is -2.15. The van der Waals surface area contributed by atoms with Gasteiger partial charge < -0.3 is 19.5 Å². The number of carbonyl (C=O) groups is 3. The monoisotopic (exact) mass is 416 g/mol. The van der Waals surface area contributed by atoms with Gasteiger partial charge in [0.15, 0.2) is 17.6 Å². The van der Waals surface area contributed by atoms with Crippen molar-refractivity contribution >= 4 is 33.8 Å². The standard InChI is InChI=1S/C16H21BrN2O6/c1-5-18-16(22)19-14(20)9(3)25-15(21)10-7-11(17)13(23-4)12(8-10)24-6-2/h7-9H,5-6H2,1-4H3,(H2,18,19,20,22)/t9-/m0/s1. The molecule has 0 aromatic heterocycles. The molecule has 0 aliphatic rings. The Kier molecular flexibility index (Phi) is 8.20. The molecule has 0 aliphatic heterocycles. The van der Waals surface area contributed by atoms with E-state index in [1.807, 2.05) is 0 Å². The molecule has 0 fully saturated rings. The molecular formula is C16H21BrN2O6. The summed E-state index contributed by atoms with van der Waals surface area (Å²) in [6.45, 7) is 5.63. The Morgan fingerprint density at radius 1 is 1.24 bits per heavy atom. The molecule has 25 heavy (non-hydrogen) atoms. The summed E-state index contributed by atoms with van der Waals surface area (Å²) in [4.78, 5) is 35.4. The lowest BCUT2D eigenvalue weighted by Crippen LogP contribution is -2.44. The topological polar surface area (TPSA) is 103 Å². The first-order valence-corrected chi connectivity index (χ1v) is 8.43. The number of esters is 1. The number of nitrogens with one attached hydrogen (secondary N) is 2. The average molecular weight is 417 g/mol. The predicted molar refractivity (Wildman–Crippen MR) is 94.0 cm³/mol. The van der Waals surface area contributed by atoms with Crippen LogP contribution >= 0.6 is 15.9 Å². The lowest BCUT2D eigenvalue weighted by atomic mass is 10.2. The number of imide groups is 1. The van der Waals surface area contributed by atoms with Crippen molar-refractivity contribution in [2.75, 3.05) is 20.3 Å². The number of halogens is 1. The van der Waals surface area contributed by atoms with Crippen molar-refractivity contribution in [3.63, 3.8) is 0 Å². The molecule has 0 spiro atoms. The SMILES string of the molecule is CCNC(=O)NC(=O)[C@H](C)OC(=O)c1cc(Br)c(OC)c(OCC)c1. The molecule has 0 saturated carbocycles. The van der Waals surface area contributed by atoms with Crippen LogP contribution in [0, 0.1) is 0 Å². The Morgan fingerprint density at radius 2 is 1.92 bits per heavy atom. The molecule has 2 N–H and O–H groups in total. The number of carbonyl (C=O) groups excluding carboxylic acids is 3. The maximum absolute atomic E-state index is 12.3. The van der Waals surface area contributed by atoms with Crippen molar-refractivity contribution in [1.82, 2.24) is 10.6 Å². The Morgan fingerprint density at radius 3 is 2.48 bits per heavy atom. The molecule has 0 heterocycles. The first kappa shape index (κ1) is 20.8. The van der Waals surface area contributed by atoms with Crippen LogP contribution in [0.25, 0.3) is 0 Å². The number of rotatable bonds is 7. The molecule has 8 nitrogen and oxygen atoms in total. The third-order valence-electron chi connectivity index (χ3n) is 2.98. The summed E-state index contributed by atoms with van der Waals surface area (Å²) in [5.41, 5.74) is 0.175. The van der Waals surface area contributed by atoms with E-state index < -0.39 is 24.0 Å². The Bertz CT molecular complexity index is 650. The first-order valence-electron chi connectivity index (χ1n) is 7.63. The van der Waals surface area contributed by atoms with Crippen LogP contribution in [0.15, 0.2) is 16.6 Å². The van der Waals surface area contributed by atoms with E-state index in [1.165, 1.54) is 26.2 Å². The molecule has 1 aromatic rings. The summed E-state index contributed by atoms with van der Waals surface area (Å²) in [5.74, 6) is -0.647. The quantitative estimate of drug-likeness (QED) is 0.660. The summed E-state index contributed by atoms with van der Waals surface area (Å²) < 4.78 is 16.3. The highest BCUT2D eigenvalue weighted by atomic mass is 79.9. The zero-order chi connectivity index (χ0) is 19.0. The molecule has 0 aliphatic carbocycles. The van der Waals surface area contributed by atoms with Gasteiger partial charge in [-0.05, 0) is 48.8 Å². The van der Waals surface area contributed by atoms with Gasteiger partial charge >= 0.3 is 12.0 Å². The van der Waals surface area contributed by atoms with Crippen LogP contribution in [0.2, 0.25) is 0 Å². The van der Waals surface area contributed by atoms with Gasteiger partial charge in [-0.25, -0.2) is 9.59 Å². The zero-order valence-electron chi connectivity index (χ0n) is 14.5. The van der Waals surface area contributed by atoms with Gasteiger partial charge in [-0.1, -0.05) is 0 Å². The fourth-order valence-corrected chi connectivity index (χ4v) is 2.45. The molecule has 0 saturated heterocycles. The molecule has 0 radical (unpaired) electrons. The van der Waals surface area contributed by atoms with E-state index in [0.29, 0.717) is 29.1 Å². The Hall–Kier alpha value is -2.29. The van der Waals surface area contributed by atoms with Gasteiger partial charge in [0.2, 0.25) is 0 Å². The smallest absolute Gasteiger partial charge is 0.339 e. The Labute approximate surface area is 154 Å². The van der Waals surface area contributed by atoms with E-state index in [9.17, 15) is 14.4 Å². The highest BCUT2D eigenvalue weighted by molar-refractivity contribution is 9.10. The largest absolute Gasteiger partial charge is 0.492 e. The van der Waals surface area contributed by atoms with E-state index in [4.69, 9.17) is 14.2 Å². The summed E-state index contributed by atoms with van der Waals surface area (Å²) in [6, 6.07) is 2.31. The number of hydrogen-bond acceptors (Lipinski definition) is 6. The second kappa shape index (κ2) is 9.87. The van der Waals surface area contributed by atoms with Crippen molar-refractivity contribution in [1.29, 1.82) is 0 Å². The minimum Gasteiger partial charge on any atom is -0.492 e. The molecule has 9 heteroatoms. The van der Waals surface area contributed by atoms with Gasteiger partial charge in [0, 0.05) is 6.54 Å².